The number of rotatable bonds is 6. The lowest BCUT2D eigenvalue weighted by molar-refractivity contribution is 0.491. The number of nitrogens with zero attached hydrogens (tertiary/aromatic N) is 1. The molecule has 0 bridgehead atoms. The SMILES string of the molecule is CCCNC(Cc1ccoc1)c1ccncc1F. The Hall–Kier alpha value is -1.68. The lowest BCUT2D eigenvalue weighted by Crippen LogP contribution is -2.25. The molecular formula is C14H17FN2O. The zero-order valence-corrected chi connectivity index (χ0v) is 10.4. The molecule has 1 N–H and O–H groups in total. The van der Waals surface area contributed by atoms with E-state index in [0.717, 1.165) is 18.5 Å². The lowest BCUT2D eigenvalue weighted by Gasteiger charge is -2.18. The summed E-state index contributed by atoms with van der Waals surface area (Å²) in [6.45, 7) is 2.94. The Kier molecular flexibility index (Phi) is 4.47. The quantitative estimate of drug-likeness (QED) is 0.853. The molecule has 0 radical (unpaired) electrons. The predicted octanol–water partition coefficient (Wildman–Crippen LogP) is 3.10. The fourth-order valence-corrected chi connectivity index (χ4v) is 1.92. The molecule has 0 aliphatic rings. The van der Waals surface area contributed by atoms with Crippen LogP contribution in [0, 0.1) is 5.82 Å². The molecule has 0 saturated carbocycles. The molecule has 1 unspecified atom stereocenters. The Labute approximate surface area is 106 Å². The van der Waals surface area contributed by atoms with Crippen molar-refractivity contribution in [3.63, 3.8) is 0 Å². The first-order chi connectivity index (χ1) is 8.81. The van der Waals surface area contributed by atoms with Crippen molar-refractivity contribution in [1.82, 2.24) is 10.3 Å². The highest BCUT2D eigenvalue weighted by molar-refractivity contribution is 5.21. The third kappa shape index (κ3) is 3.17. The first-order valence-electron chi connectivity index (χ1n) is 6.15. The minimum Gasteiger partial charge on any atom is -0.472 e. The van der Waals surface area contributed by atoms with E-state index in [0.29, 0.717) is 12.0 Å². The summed E-state index contributed by atoms with van der Waals surface area (Å²) < 4.78 is 18.8. The second kappa shape index (κ2) is 6.31. The monoisotopic (exact) mass is 248 g/mol. The van der Waals surface area contributed by atoms with Gasteiger partial charge in [-0.25, -0.2) is 4.39 Å². The van der Waals surface area contributed by atoms with Gasteiger partial charge in [0.2, 0.25) is 0 Å². The lowest BCUT2D eigenvalue weighted by atomic mass is 10.0. The Morgan fingerprint density at radius 1 is 1.44 bits per heavy atom. The molecule has 0 aliphatic heterocycles. The van der Waals surface area contributed by atoms with Crippen LogP contribution in [0.25, 0.3) is 0 Å². The van der Waals surface area contributed by atoms with Crippen LogP contribution in [-0.4, -0.2) is 11.5 Å². The van der Waals surface area contributed by atoms with Crippen LogP contribution in [0.5, 0.6) is 0 Å². The standard InChI is InChI=1S/C14H17FN2O/c1-2-5-17-14(8-11-4-7-18-10-11)12-3-6-16-9-13(12)15/h3-4,6-7,9-10,14,17H,2,5,8H2,1H3. The molecule has 0 fully saturated rings. The molecule has 0 saturated heterocycles. The number of aromatic nitrogens is 1. The van der Waals surface area contributed by atoms with Gasteiger partial charge in [0.25, 0.3) is 0 Å². The summed E-state index contributed by atoms with van der Waals surface area (Å²) in [4.78, 5) is 3.78. The van der Waals surface area contributed by atoms with Gasteiger partial charge in [-0.05, 0) is 37.1 Å². The normalized spacial score (nSPS) is 12.6. The minimum absolute atomic E-state index is 0.0504. The highest BCUT2D eigenvalue weighted by Gasteiger charge is 2.16. The maximum Gasteiger partial charge on any atom is 0.146 e. The van der Waals surface area contributed by atoms with Crippen LogP contribution < -0.4 is 5.32 Å². The molecule has 1 atom stereocenters. The van der Waals surface area contributed by atoms with Crippen molar-refractivity contribution in [2.45, 2.75) is 25.8 Å². The second-order valence-corrected chi connectivity index (χ2v) is 4.24. The third-order valence-electron chi connectivity index (χ3n) is 2.84. The highest BCUT2D eigenvalue weighted by atomic mass is 19.1. The maximum absolute atomic E-state index is 13.8. The molecule has 3 nitrogen and oxygen atoms in total. The zero-order valence-electron chi connectivity index (χ0n) is 10.4. The Balaban J connectivity index is 2.16. The number of hydrogen-bond donors (Lipinski definition) is 1. The topological polar surface area (TPSA) is 38.1 Å². The first kappa shape index (κ1) is 12.8. The van der Waals surface area contributed by atoms with Crippen molar-refractivity contribution in [3.05, 3.63) is 54.0 Å². The second-order valence-electron chi connectivity index (χ2n) is 4.24. The van der Waals surface area contributed by atoms with E-state index in [4.69, 9.17) is 4.42 Å². The van der Waals surface area contributed by atoms with Gasteiger partial charge in [-0.3, -0.25) is 4.98 Å². The van der Waals surface area contributed by atoms with Crippen LogP contribution in [0.4, 0.5) is 4.39 Å². The van der Waals surface area contributed by atoms with E-state index in [-0.39, 0.29) is 11.9 Å². The van der Waals surface area contributed by atoms with Crippen LogP contribution in [0.2, 0.25) is 0 Å². The molecule has 2 aromatic heterocycles. The molecule has 4 heteroatoms. The van der Waals surface area contributed by atoms with Gasteiger partial charge in [0.15, 0.2) is 0 Å². The first-order valence-corrected chi connectivity index (χ1v) is 6.15. The van der Waals surface area contributed by atoms with E-state index >= 15 is 0 Å². The van der Waals surface area contributed by atoms with Crippen LogP contribution >= 0.6 is 0 Å². The van der Waals surface area contributed by atoms with Crippen molar-refractivity contribution < 1.29 is 8.81 Å². The molecule has 2 aromatic rings. The van der Waals surface area contributed by atoms with Gasteiger partial charge in [-0.2, -0.15) is 0 Å². The van der Waals surface area contributed by atoms with Gasteiger partial charge >= 0.3 is 0 Å². The van der Waals surface area contributed by atoms with Gasteiger partial charge in [0.1, 0.15) is 5.82 Å². The molecule has 0 aliphatic carbocycles. The number of furan rings is 1. The summed E-state index contributed by atoms with van der Waals surface area (Å²) in [6, 6.07) is 3.58. The van der Waals surface area contributed by atoms with Crippen molar-refractivity contribution >= 4 is 0 Å². The van der Waals surface area contributed by atoms with E-state index in [1.54, 1.807) is 24.8 Å². The molecule has 2 heterocycles. The Morgan fingerprint density at radius 2 is 2.33 bits per heavy atom. The van der Waals surface area contributed by atoms with Crippen molar-refractivity contribution in [3.8, 4) is 0 Å². The number of halogens is 1. The van der Waals surface area contributed by atoms with E-state index in [1.807, 2.05) is 6.07 Å². The van der Waals surface area contributed by atoms with E-state index in [2.05, 4.69) is 17.2 Å². The predicted molar refractivity (Wildman–Crippen MR) is 67.6 cm³/mol. The molecule has 2 rings (SSSR count). The molecule has 0 aromatic carbocycles. The van der Waals surface area contributed by atoms with Crippen LogP contribution in [-0.2, 0) is 6.42 Å². The summed E-state index contributed by atoms with van der Waals surface area (Å²) in [5.74, 6) is -0.269. The summed E-state index contributed by atoms with van der Waals surface area (Å²) in [5, 5.41) is 3.36. The third-order valence-corrected chi connectivity index (χ3v) is 2.84. The van der Waals surface area contributed by atoms with Gasteiger partial charge in [-0.1, -0.05) is 6.92 Å². The van der Waals surface area contributed by atoms with Crippen molar-refractivity contribution in [1.29, 1.82) is 0 Å². The molecule has 18 heavy (non-hydrogen) atoms. The van der Waals surface area contributed by atoms with Crippen molar-refractivity contribution in [2.75, 3.05) is 6.54 Å². The summed E-state index contributed by atoms with van der Waals surface area (Å²) >= 11 is 0. The smallest absolute Gasteiger partial charge is 0.146 e. The van der Waals surface area contributed by atoms with Gasteiger partial charge in [0.05, 0.1) is 18.7 Å². The fourth-order valence-electron chi connectivity index (χ4n) is 1.92. The van der Waals surface area contributed by atoms with Crippen LogP contribution in [0.3, 0.4) is 0 Å². The average molecular weight is 248 g/mol. The summed E-state index contributed by atoms with van der Waals surface area (Å²) in [7, 11) is 0. The molecule has 0 amide bonds. The van der Waals surface area contributed by atoms with Crippen LogP contribution in [0.15, 0.2) is 41.5 Å². The van der Waals surface area contributed by atoms with Gasteiger partial charge in [-0.15, -0.1) is 0 Å². The Bertz CT molecular complexity index is 470. The van der Waals surface area contributed by atoms with Crippen molar-refractivity contribution in [2.24, 2.45) is 0 Å². The molecular weight excluding hydrogens is 231 g/mol. The minimum atomic E-state index is -0.269. The molecule has 96 valence electrons. The van der Waals surface area contributed by atoms with E-state index in [1.165, 1.54) is 6.20 Å². The van der Waals surface area contributed by atoms with Gasteiger partial charge < -0.3 is 9.73 Å². The van der Waals surface area contributed by atoms with Gasteiger partial charge in [0, 0.05) is 17.8 Å². The zero-order chi connectivity index (χ0) is 12.8. The summed E-state index contributed by atoms with van der Waals surface area (Å²) in [6.07, 6.45) is 7.92. The Morgan fingerprint density at radius 3 is 3.00 bits per heavy atom. The highest BCUT2D eigenvalue weighted by Crippen LogP contribution is 2.20. The fraction of sp³-hybridized carbons (Fsp3) is 0.357. The largest absolute Gasteiger partial charge is 0.472 e. The number of hydrogen-bond acceptors (Lipinski definition) is 3. The van der Waals surface area contributed by atoms with Crippen LogP contribution in [0.1, 0.15) is 30.5 Å². The number of nitrogens with one attached hydrogen (secondary N) is 1. The average Bonchev–Trinajstić information content (AvgIpc) is 2.88. The maximum atomic E-state index is 13.8. The number of pyridine rings is 1. The summed E-state index contributed by atoms with van der Waals surface area (Å²) in [5.41, 5.74) is 1.71. The van der Waals surface area contributed by atoms with E-state index < -0.39 is 0 Å². The molecule has 0 spiro atoms. The van der Waals surface area contributed by atoms with E-state index in [9.17, 15) is 4.39 Å².